The van der Waals surface area contributed by atoms with E-state index in [-0.39, 0.29) is 17.5 Å². The van der Waals surface area contributed by atoms with E-state index < -0.39 is 29.5 Å². The van der Waals surface area contributed by atoms with Gasteiger partial charge < -0.3 is 5.73 Å². The molecule has 0 unspecified atom stereocenters. The van der Waals surface area contributed by atoms with Crippen LogP contribution in [0.4, 0.5) is 26.3 Å². The summed E-state index contributed by atoms with van der Waals surface area (Å²) in [5, 5.41) is 0. The monoisotopic (exact) mass is 311 g/mol. The van der Waals surface area contributed by atoms with Crippen LogP contribution >= 0.6 is 0 Å². The first-order valence-electron chi connectivity index (χ1n) is 6.64. The van der Waals surface area contributed by atoms with Crippen LogP contribution in [0.15, 0.2) is 18.2 Å². The summed E-state index contributed by atoms with van der Waals surface area (Å²) in [6.07, 6.45) is -6.47. The van der Waals surface area contributed by atoms with E-state index in [2.05, 4.69) is 0 Å². The maximum absolute atomic E-state index is 13.0. The van der Waals surface area contributed by atoms with Gasteiger partial charge in [0, 0.05) is 6.04 Å². The van der Waals surface area contributed by atoms with Crippen molar-refractivity contribution in [1.29, 1.82) is 0 Å². The first kappa shape index (κ1) is 16.1. The summed E-state index contributed by atoms with van der Waals surface area (Å²) in [6.45, 7) is 0. The molecule has 0 saturated heterocycles. The largest absolute Gasteiger partial charge is 0.416 e. The molecule has 0 aromatic heterocycles. The van der Waals surface area contributed by atoms with Crippen LogP contribution in [0.3, 0.4) is 0 Å². The highest BCUT2D eigenvalue weighted by atomic mass is 19.4. The summed E-state index contributed by atoms with van der Waals surface area (Å²) in [5.41, 5.74) is 3.04. The molecule has 0 spiro atoms. The first-order valence-corrected chi connectivity index (χ1v) is 6.64. The fourth-order valence-corrected chi connectivity index (χ4v) is 2.84. The Bertz CT molecular complexity index is 499. The van der Waals surface area contributed by atoms with Gasteiger partial charge >= 0.3 is 12.4 Å². The SMILES string of the molecule is N[C@@H](c1ccc(C(F)(F)F)cc1C(F)(F)F)C1CCCC1. The summed E-state index contributed by atoms with van der Waals surface area (Å²) in [7, 11) is 0. The number of hydrogen-bond acceptors (Lipinski definition) is 1. The van der Waals surface area contributed by atoms with E-state index in [1.54, 1.807) is 0 Å². The van der Waals surface area contributed by atoms with Gasteiger partial charge in [0.05, 0.1) is 11.1 Å². The van der Waals surface area contributed by atoms with Crippen LogP contribution < -0.4 is 5.73 Å². The minimum Gasteiger partial charge on any atom is -0.324 e. The molecular weight excluding hydrogens is 296 g/mol. The van der Waals surface area contributed by atoms with Crippen molar-refractivity contribution in [3.63, 3.8) is 0 Å². The Morgan fingerprint density at radius 2 is 1.52 bits per heavy atom. The molecule has 0 radical (unpaired) electrons. The van der Waals surface area contributed by atoms with E-state index in [0.29, 0.717) is 18.9 Å². The number of nitrogens with two attached hydrogens (primary N) is 1. The molecule has 0 aliphatic heterocycles. The van der Waals surface area contributed by atoms with Crippen LogP contribution in [0.25, 0.3) is 0 Å². The number of halogens is 6. The van der Waals surface area contributed by atoms with Crippen molar-refractivity contribution in [3.05, 3.63) is 34.9 Å². The molecule has 1 saturated carbocycles. The Balaban J connectivity index is 2.45. The quantitative estimate of drug-likeness (QED) is 0.771. The molecule has 2 rings (SSSR count). The van der Waals surface area contributed by atoms with E-state index in [9.17, 15) is 26.3 Å². The van der Waals surface area contributed by atoms with E-state index in [1.807, 2.05) is 0 Å². The van der Waals surface area contributed by atoms with Gasteiger partial charge in [0.2, 0.25) is 0 Å². The van der Waals surface area contributed by atoms with E-state index in [0.717, 1.165) is 18.9 Å². The maximum atomic E-state index is 13.0. The third-order valence-corrected chi connectivity index (χ3v) is 3.95. The van der Waals surface area contributed by atoms with Gasteiger partial charge in [-0.05, 0) is 36.5 Å². The van der Waals surface area contributed by atoms with Crippen molar-refractivity contribution in [2.45, 2.75) is 44.1 Å². The fraction of sp³-hybridized carbons (Fsp3) is 0.571. The Morgan fingerprint density at radius 1 is 0.952 bits per heavy atom. The number of benzene rings is 1. The van der Waals surface area contributed by atoms with Gasteiger partial charge in [-0.25, -0.2) is 0 Å². The highest BCUT2D eigenvalue weighted by Crippen LogP contribution is 2.42. The van der Waals surface area contributed by atoms with Crippen molar-refractivity contribution in [2.24, 2.45) is 11.7 Å². The number of hydrogen-bond donors (Lipinski definition) is 1. The van der Waals surface area contributed by atoms with Crippen LogP contribution in [0.5, 0.6) is 0 Å². The Labute approximate surface area is 118 Å². The predicted octanol–water partition coefficient (Wildman–Crippen LogP) is 4.91. The van der Waals surface area contributed by atoms with Crippen molar-refractivity contribution >= 4 is 0 Å². The van der Waals surface area contributed by atoms with E-state index in [4.69, 9.17) is 5.73 Å². The Morgan fingerprint density at radius 3 is 2.00 bits per heavy atom. The molecule has 118 valence electrons. The van der Waals surface area contributed by atoms with Gasteiger partial charge in [-0.1, -0.05) is 18.9 Å². The van der Waals surface area contributed by atoms with Crippen molar-refractivity contribution in [1.82, 2.24) is 0 Å². The van der Waals surface area contributed by atoms with Gasteiger partial charge in [0.15, 0.2) is 0 Å². The van der Waals surface area contributed by atoms with Crippen LogP contribution in [-0.2, 0) is 12.4 Å². The summed E-state index contributed by atoms with van der Waals surface area (Å²) < 4.78 is 76.9. The van der Waals surface area contributed by atoms with Crippen LogP contribution in [0.1, 0.15) is 48.4 Å². The minimum atomic E-state index is -4.85. The third-order valence-electron chi connectivity index (χ3n) is 3.95. The van der Waals surface area contributed by atoms with Crippen LogP contribution in [0, 0.1) is 5.92 Å². The third kappa shape index (κ3) is 3.51. The average molecular weight is 311 g/mol. The second-order valence-electron chi connectivity index (χ2n) is 5.37. The highest BCUT2D eigenvalue weighted by molar-refractivity contribution is 5.37. The Kier molecular flexibility index (Phi) is 4.24. The summed E-state index contributed by atoms with van der Waals surface area (Å²) in [5.74, 6) is -0.108. The molecule has 0 heterocycles. The molecule has 21 heavy (non-hydrogen) atoms. The lowest BCUT2D eigenvalue weighted by Crippen LogP contribution is -2.24. The molecule has 1 atom stereocenters. The molecule has 0 bridgehead atoms. The van der Waals surface area contributed by atoms with E-state index in [1.165, 1.54) is 0 Å². The predicted molar refractivity (Wildman–Crippen MR) is 65.3 cm³/mol. The summed E-state index contributed by atoms with van der Waals surface area (Å²) in [6, 6.07) is 0.810. The molecule has 1 aromatic carbocycles. The lowest BCUT2D eigenvalue weighted by Gasteiger charge is -2.24. The van der Waals surface area contributed by atoms with Crippen LogP contribution in [0.2, 0.25) is 0 Å². The maximum Gasteiger partial charge on any atom is 0.416 e. The average Bonchev–Trinajstić information content (AvgIpc) is 2.89. The lowest BCUT2D eigenvalue weighted by atomic mass is 9.88. The summed E-state index contributed by atoms with van der Waals surface area (Å²) in [4.78, 5) is 0. The number of rotatable bonds is 2. The van der Waals surface area contributed by atoms with Gasteiger partial charge in [-0.3, -0.25) is 0 Å². The van der Waals surface area contributed by atoms with E-state index >= 15 is 0 Å². The van der Waals surface area contributed by atoms with Crippen molar-refractivity contribution in [2.75, 3.05) is 0 Å². The molecule has 2 N–H and O–H groups in total. The highest BCUT2D eigenvalue weighted by Gasteiger charge is 2.40. The van der Waals surface area contributed by atoms with Gasteiger partial charge in [-0.2, -0.15) is 26.3 Å². The molecule has 1 nitrogen and oxygen atoms in total. The normalized spacial score (nSPS) is 19.0. The number of alkyl halides is 6. The molecule has 7 heteroatoms. The molecule has 1 aliphatic rings. The zero-order chi connectivity index (χ0) is 15.8. The lowest BCUT2D eigenvalue weighted by molar-refractivity contribution is -0.143. The molecular formula is C14H15F6N. The fourth-order valence-electron chi connectivity index (χ4n) is 2.84. The zero-order valence-corrected chi connectivity index (χ0v) is 11.1. The van der Waals surface area contributed by atoms with Gasteiger partial charge in [0.25, 0.3) is 0 Å². The van der Waals surface area contributed by atoms with Crippen molar-refractivity contribution in [3.8, 4) is 0 Å². The molecule has 0 amide bonds. The standard InChI is InChI=1S/C14H15F6N/c15-13(16,17)9-5-6-10(11(7-9)14(18,19)20)12(21)8-3-1-2-4-8/h5-8,12H,1-4,21H2/t12-/m1/s1. The zero-order valence-electron chi connectivity index (χ0n) is 11.1. The van der Waals surface area contributed by atoms with Crippen molar-refractivity contribution < 1.29 is 26.3 Å². The van der Waals surface area contributed by atoms with Gasteiger partial charge in [0.1, 0.15) is 0 Å². The second-order valence-corrected chi connectivity index (χ2v) is 5.37. The topological polar surface area (TPSA) is 26.0 Å². The Hall–Kier alpha value is -1.24. The summed E-state index contributed by atoms with van der Waals surface area (Å²) >= 11 is 0. The van der Waals surface area contributed by atoms with Crippen LogP contribution in [-0.4, -0.2) is 0 Å². The molecule has 1 fully saturated rings. The minimum absolute atomic E-state index is 0.108. The molecule has 1 aliphatic carbocycles. The molecule has 1 aromatic rings. The van der Waals surface area contributed by atoms with Gasteiger partial charge in [-0.15, -0.1) is 0 Å². The second kappa shape index (κ2) is 5.51. The smallest absolute Gasteiger partial charge is 0.324 e. The first-order chi connectivity index (χ1) is 9.60.